The topological polar surface area (TPSA) is 83.7 Å². The number of rotatable bonds is 8. The Hall–Kier alpha value is -1.81. The average Bonchev–Trinajstić information content (AvgIpc) is 3.10. The lowest BCUT2D eigenvalue weighted by atomic mass is 9.87. The monoisotopic (exact) mass is 529 g/mol. The van der Waals surface area contributed by atoms with Crippen molar-refractivity contribution >= 4 is 29.9 Å². The third-order valence-corrected chi connectivity index (χ3v) is 4.60. The van der Waals surface area contributed by atoms with Crippen LogP contribution in [-0.2, 0) is 18.1 Å². The summed E-state index contributed by atoms with van der Waals surface area (Å²) >= 11 is 0. The zero-order valence-electron chi connectivity index (χ0n) is 18.9. The van der Waals surface area contributed by atoms with Crippen molar-refractivity contribution in [2.45, 2.75) is 45.6 Å². The Morgan fingerprint density at radius 2 is 1.80 bits per heavy atom. The summed E-state index contributed by atoms with van der Waals surface area (Å²) in [6.07, 6.45) is 3.46. The van der Waals surface area contributed by atoms with E-state index in [2.05, 4.69) is 53.6 Å². The molecule has 0 aliphatic heterocycles. The molecule has 0 amide bonds. The zero-order chi connectivity index (χ0) is 21.5. The Labute approximate surface area is 197 Å². The van der Waals surface area contributed by atoms with E-state index in [0.29, 0.717) is 19.1 Å². The molecule has 1 unspecified atom stereocenters. The van der Waals surface area contributed by atoms with Crippen LogP contribution in [0.4, 0.5) is 0 Å². The summed E-state index contributed by atoms with van der Waals surface area (Å²) in [4.78, 5) is 4.51. The number of aliphatic imine (C=N–C) groups is 1. The van der Waals surface area contributed by atoms with E-state index in [-0.39, 0.29) is 35.9 Å². The van der Waals surface area contributed by atoms with Crippen molar-refractivity contribution in [3.05, 3.63) is 47.8 Å². The van der Waals surface area contributed by atoms with Gasteiger partial charge in [0.25, 0.3) is 0 Å². The number of nitrogens with zero attached hydrogens (tertiary/aromatic N) is 3. The summed E-state index contributed by atoms with van der Waals surface area (Å²) in [7, 11) is 1.82. The lowest BCUT2D eigenvalue weighted by molar-refractivity contribution is 0.0672. The standard InChI is InChI=1S/C22H35N5O2.HI/c1-7-23-20(25-16-22(5,28)18-14-26-27(6)15-18)24-12-13-29-19-10-8-17(9-11-19)21(2,3)4;/h8-11,14-15,28H,7,12-13,16H2,1-6H3,(H2,23,24,25);1H. The van der Waals surface area contributed by atoms with E-state index in [1.807, 2.05) is 26.1 Å². The summed E-state index contributed by atoms with van der Waals surface area (Å²) in [5.41, 5.74) is 1.07. The molecule has 0 saturated heterocycles. The largest absolute Gasteiger partial charge is 0.492 e. The molecule has 7 nitrogen and oxygen atoms in total. The maximum Gasteiger partial charge on any atom is 0.191 e. The summed E-state index contributed by atoms with van der Waals surface area (Å²) in [6.45, 7) is 12.4. The number of ether oxygens (including phenoxy) is 1. The predicted octanol–water partition coefficient (Wildman–Crippen LogP) is 3.18. The van der Waals surface area contributed by atoms with E-state index < -0.39 is 5.60 Å². The third-order valence-electron chi connectivity index (χ3n) is 4.60. The third kappa shape index (κ3) is 8.14. The molecule has 8 heteroatoms. The Morgan fingerprint density at radius 1 is 1.13 bits per heavy atom. The van der Waals surface area contributed by atoms with Gasteiger partial charge < -0.3 is 20.5 Å². The maximum atomic E-state index is 10.7. The molecule has 0 spiro atoms. The van der Waals surface area contributed by atoms with Crippen molar-refractivity contribution < 1.29 is 9.84 Å². The first-order chi connectivity index (χ1) is 13.6. The molecule has 168 valence electrons. The van der Waals surface area contributed by atoms with Crippen LogP contribution in [-0.4, -0.2) is 47.1 Å². The lowest BCUT2D eigenvalue weighted by Gasteiger charge is -2.20. The van der Waals surface area contributed by atoms with Gasteiger partial charge in [-0.3, -0.25) is 4.68 Å². The quantitative estimate of drug-likeness (QED) is 0.212. The molecule has 1 heterocycles. The molecule has 3 N–H and O–H groups in total. The minimum Gasteiger partial charge on any atom is -0.492 e. The van der Waals surface area contributed by atoms with E-state index in [9.17, 15) is 5.11 Å². The van der Waals surface area contributed by atoms with Gasteiger partial charge in [-0.2, -0.15) is 5.10 Å². The fraction of sp³-hybridized carbons (Fsp3) is 0.545. The second-order valence-corrected chi connectivity index (χ2v) is 8.42. The van der Waals surface area contributed by atoms with Crippen LogP contribution in [0.3, 0.4) is 0 Å². The van der Waals surface area contributed by atoms with Gasteiger partial charge in [-0.05, 0) is 37.0 Å². The summed E-state index contributed by atoms with van der Waals surface area (Å²) in [5, 5.41) is 21.2. The highest BCUT2D eigenvalue weighted by atomic mass is 127. The highest BCUT2D eigenvalue weighted by Crippen LogP contribution is 2.24. The van der Waals surface area contributed by atoms with Gasteiger partial charge in [-0.1, -0.05) is 32.9 Å². The van der Waals surface area contributed by atoms with Crippen molar-refractivity contribution in [3.63, 3.8) is 0 Å². The number of halogens is 1. The molecular weight excluding hydrogens is 493 g/mol. The summed E-state index contributed by atoms with van der Waals surface area (Å²) in [5.74, 6) is 1.49. The highest BCUT2D eigenvalue weighted by Gasteiger charge is 2.24. The minimum atomic E-state index is -1.08. The van der Waals surface area contributed by atoms with E-state index in [4.69, 9.17) is 4.74 Å². The van der Waals surface area contributed by atoms with Crippen LogP contribution in [0.5, 0.6) is 5.75 Å². The summed E-state index contributed by atoms with van der Waals surface area (Å²) in [6, 6.07) is 8.22. The highest BCUT2D eigenvalue weighted by molar-refractivity contribution is 14.0. The van der Waals surface area contributed by atoms with Gasteiger partial charge in [-0.25, -0.2) is 4.99 Å². The van der Waals surface area contributed by atoms with Crippen molar-refractivity contribution in [2.24, 2.45) is 12.0 Å². The molecule has 1 atom stereocenters. The second-order valence-electron chi connectivity index (χ2n) is 8.42. The van der Waals surface area contributed by atoms with Crippen molar-refractivity contribution in [1.29, 1.82) is 0 Å². The van der Waals surface area contributed by atoms with Crippen LogP contribution in [0.2, 0.25) is 0 Å². The Kier molecular flexibility index (Phi) is 10.1. The number of hydrogen-bond acceptors (Lipinski definition) is 4. The van der Waals surface area contributed by atoms with Crippen LogP contribution in [0.1, 0.15) is 45.7 Å². The molecular formula is C22H36IN5O2. The first-order valence-corrected chi connectivity index (χ1v) is 10.1. The normalized spacial score (nSPS) is 13.9. The van der Waals surface area contributed by atoms with Crippen molar-refractivity contribution in [2.75, 3.05) is 26.2 Å². The molecule has 30 heavy (non-hydrogen) atoms. The fourth-order valence-corrected chi connectivity index (χ4v) is 2.75. The van der Waals surface area contributed by atoms with Crippen molar-refractivity contribution in [3.8, 4) is 5.75 Å². The van der Waals surface area contributed by atoms with Gasteiger partial charge >= 0.3 is 0 Å². The molecule has 0 aliphatic rings. The smallest absolute Gasteiger partial charge is 0.191 e. The number of nitrogens with one attached hydrogen (secondary N) is 2. The molecule has 0 aliphatic carbocycles. The lowest BCUT2D eigenvalue weighted by Crippen LogP contribution is -2.40. The Balaban J connectivity index is 0.00000450. The fourth-order valence-electron chi connectivity index (χ4n) is 2.75. The predicted molar refractivity (Wildman–Crippen MR) is 133 cm³/mol. The number of aryl methyl sites for hydroxylation is 1. The first kappa shape index (κ1) is 26.2. The SMILES string of the molecule is CCNC(=NCC(C)(O)c1cnn(C)c1)NCCOc1ccc(C(C)(C)C)cc1.I. The number of benzene rings is 1. The Bertz CT molecular complexity index is 795. The van der Waals surface area contributed by atoms with E-state index in [0.717, 1.165) is 17.9 Å². The van der Waals surface area contributed by atoms with E-state index >= 15 is 0 Å². The van der Waals surface area contributed by atoms with Crippen LogP contribution in [0.15, 0.2) is 41.7 Å². The van der Waals surface area contributed by atoms with E-state index in [1.165, 1.54) is 5.56 Å². The molecule has 1 aromatic carbocycles. The van der Waals surface area contributed by atoms with Crippen LogP contribution in [0, 0.1) is 0 Å². The molecule has 0 saturated carbocycles. The van der Waals surface area contributed by atoms with Gasteiger partial charge in [0.2, 0.25) is 0 Å². The van der Waals surface area contributed by atoms with E-state index in [1.54, 1.807) is 24.0 Å². The molecule has 2 aromatic rings. The van der Waals surface area contributed by atoms with Crippen LogP contribution in [0.25, 0.3) is 0 Å². The first-order valence-electron chi connectivity index (χ1n) is 10.1. The average molecular weight is 529 g/mol. The minimum absolute atomic E-state index is 0. The zero-order valence-corrected chi connectivity index (χ0v) is 21.2. The molecule has 1 aromatic heterocycles. The van der Waals surface area contributed by atoms with Crippen LogP contribution >= 0.6 is 24.0 Å². The molecule has 2 rings (SSSR count). The number of aromatic nitrogens is 2. The Morgan fingerprint density at radius 3 is 2.33 bits per heavy atom. The van der Waals surface area contributed by atoms with Gasteiger partial charge in [-0.15, -0.1) is 24.0 Å². The molecule has 0 radical (unpaired) electrons. The van der Waals surface area contributed by atoms with Gasteiger partial charge in [0, 0.05) is 25.4 Å². The molecule has 0 fully saturated rings. The second kappa shape index (κ2) is 11.5. The number of guanidine groups is 1. The number of hydrogen-bond donors (Lipinski definition) is 3. The summed E-state index contributed by atoms with van der Waals surface area (Å²) < 4.78 is 7.48. The molecule has 0 bridgehead atoms. The van der Waals surface area contributed by atoms with Gasteiger partial charge in [0.05, 0.1) is 19.3 Å². The maximum absolute atomic E-state index is 10.7. The number of aliphatic hydroxyl groups is 1. The van der Waals surface area contributed by atoms with Crippen LogP contribution < -0.4 is 15.4 Å². The van der Waals surface area contributed by atoms with Gasteiger partial charge in [0.1, 0.15) is 18.0 Å². The van der Waals surface area contributed by atoms with Gasteiger partial charge in [0.15, 0.2) is 5.96 Å². The van der Waals surface area contributed by atoms with Crippen molar-refractivity contribution in [1.82, 2.24) is 20.4 Å².